The number of carbonyl (C=O) groups excluding carboxylic acids is 1. The van der Waals surface area contributed by atoms with Gasteiger partial charge in [-0.1, -0.05) is 41.9 Å². The van der Waals surface area contributed by atoms with Crippen LogP contribution in [0.25, 0.3) is 0 Å². The van der Waals surface area contributed by atoms with Crippen molar-refractivity contribution in [3.63, 3.8) is 0 Å². The van der Waals surface area contributed by atoms with E-state index in [-0.39, 0.29) is 5.78 Å². The molecule has 0 aromatic heterocycles. The van der Waals surface area contributed by atoms with Crippen molar-refractivity contribution in [2.24, 2.45) is 0 Å². The lowest BCUT2D eigenvalue weighted by Crippen LogP contribution is -2.25. The van der Waals surface area contributed by atoms with E-state index in [1.807, 2.05) is 18.2 Å². The number of hydrogen-bond donors (Lipinski definition) is 0. The molecule has 0 radical (unpaired) electrons. The van der Waals surface area contributed by atoms with E-state index in [1.54, 1.807) is 30.3 Å². The molecule has 0 N–H and O–H groups in total. The maximum absolute atomic E-state index is 12.4. The van der Waals surface area contributed by atoms with E-state index in [2.05, 4.69) is 4.90 Å². The SMILES string of the molecule is O=C(c1ccccc1)c1ccc(OCCN2CCCC2)c(Cl)c1. The number of rotatable bonds is 6. The summed E-state index contributed by atoms with van der Waals surface area (Å²) in [5.41, 5.74) is 1.24. The first kappa shape index (κ1) is 16.0. The lowest BCUT2D eigenvalue weighted by atomic mass is 10.0. The molecule has 1 aliphatic heterocycles. The molecule has 0 saturated carbocycles. The van der Waals surface area contributed by atoms with Gasteiger partial charge >= 0.3 is 0 Å². The molecule has 1 fully saturated rings. The Hall–Kier alpha value is -1.84. The zero-order chi connectivity index (χ0) is 16.1. The van der Waals surface area contributed by atoms with Gasteiger partial charge in [-0.05, 0) is 44.1 Å². The van der Waals surface area contributed by atoms with Crippen molar-refractivity contribution in [3.05, 3.63) is 64.7 Å². The van der Waals surface area contributed by atoms with Crippen LogP contribution in [0.5, 0.6) is 5.75 Å². The van der Waals surface area contributed by atoms with Gasteiger partial charge in [-0.3, -0.25) is 9.69 Å². The minimum absolute atomic E-state index is 0.0314. The number of hydrogen-bond acceptors (Lipinski definition) is 3. The first-order valence-electron chi connectivity index (χ1n) is 7.98. The summed E-state index contributed by atoms with van der Waals surface area (Å²) < 4.78 is 5.75. The van der Waals surface area contributed by atoms with Crippen molar-refractivity contribution in [2.75, 3.05) is 26.2 Å². The van der Waals surface area contributed by atoms with E-state index >= 15 is 0 Å². The van der Waals surface area contributed by atoms with Crippen LogP contribution in [0.4, 0.5) is 0 Å². The summed E-state index contributed by atoms with van der Waals surface area (Å²) in [5, 5.41) is 0.480. The van der Waals surface area contributed by atoms with Crippen molar-refractivity contribution >= 4 is 17.4 Å². The van der Waals surface area contributed by atoms with Crippen LogP contribution in [0.3, 0.4) is 0 Å². The van der Waals surface area contributed by atoms with E-state index in [9.17, 15) is 4.79 Å². The fourth-order valence-corrected chi connectivity index (χ4v) is 3.04. The Bertz CT molecular complexity index is 666. The lowest BCUT2D eigenvalue weighted by Gasteiger charge is -2.15. The second-order valence-corrected chi connectivity index (χ2v) is 6.14. The molecule has 0 bridgehead atoms. The molecule has 0 atom stereocenters. The summed E-state index contributed by atoms with van der Waals surface area (Å²) in [5.74, 6) is 0.603. The second-order valence-electron chi connectivity index (χ2n) is 5.74. The topological polar surface area (TPSA) is 29.5 Å². The maximum Gasteiger partial charge on any atom is 0.193 e. The van der Waals surface area contributed by atoms with Gasteiger partial charge in [0.2, 0.25) is 0 Å². The average molecular weight is 330 g/mol. The number of ether oxygens (including phenoxy) is 1. The summed E-state index contributed by atoms with van der Waals surface area (Å²) in [4.78, 5) is 14.8. The Kier molecular flexibility index (Phi) is 5.31. The van der Waals surface area contributed by atoms with E-state index in [4.69, 9.17) is 16.3 Å². The Morgan fingerprint density at radius 1 is 1.04 bits per heavy atom. The van der Waals surface area contributed by atoms with E-state index in [0.717, 1.165) is 19.6 Å². The van der Waals surface area contributed by atoms with Gasteiger partial charge in [-0.2, -0.15) is 0 Å². The van der Waals surface area contributed by atoms with E-state index in [0.29, 0.717) is 28.5 Å². The second kappa shape index (κ2) is 7.62. The van der Waals surface area contributed by atoms with E-state index < -0.39 is 0 Å². The molecule has 2 aromatic carbocycles. The highest BCUT2D eigenvalue weighted by Crippen LogP contribution is 2.26. The maximum atomic E-state index is 12.4. The first-order valence-corrected chi connectivity index (χ1v) is 8.36. The molecule has 120 valence electrons. The molecule has 23 heavy (non-hydrogen) atoms. The molecule has 0 spiro atoms. The van der Waals surface area contributed by atoms with E-state index in [1.165, 1.54) is 12.8 Å². The number of ketones is 1. The van der Waals surface area contributed by atoms with Crippen LogP contribution in [0.1, 0.15) is 28.8 Å². The third kappa shape index (κ3) is 4.12. The Balaban J connectivity index is 1.62. The van der Waals surface area contributed by atoms with Crippen molar-refractivity contribution < 1.29 is 9.53 Å². The molecule has 1 aliphatic rings. The van der Waals surface area contributed by atoms with Gasteiger partial charge in [0.05, 0.1) is 5.02 Å². The summed E-state index contributed by atoms with van der Waals surface area (Å²) in [7, 11) is 0. The summed E-state index contributed by atoms with van der Waals surface area (Å²) in [6, 6.07) is 14.4. The van der Waals surface area contributed by atoms with Gasteiger partial charge in [0.15, 0.2) is 5.78 Å². The van der Waals surface area contributed by atoms with Crippen molar-refractivity contribution in [1.29, 1.82) is 0 Å². The molecular weight excluding hydrogens is 310 g/mol. The van der Waals surface area contributed by atoms with Gasteiger partial charge in [0.25, 0.3) is 0 Å². The quantitative estimate of drug-likeness (QED) is 0.749. The highest BCUT2D eigenvalue weighted by molar-refractivity contribution is 6.32. The summed E-state index contributed by atoms with van der Waals surface area (Å²) in [6.07, 6.45) is 2.55. The largest absolute Gasteiger partial charge is 0.491 e. The Morgan fingerprint density at radius 3 is 2.48 bits per heavy atom. The molecule has 3 rings (SSSR count). The lowest BCUT2D eigenvalue weighted by molar-refractivity contribution is 0.103. The third-order valence-corrected chi connectivity index (χ3v) is 4.39. The number of likely N-dealkylation sites (tertiary alicyclic amines) is 1. The number of halogens is 1. The average Bonchev–Trinajstić information content (AvgIpc) is 3.10. The monoisotopic (exact) mass is 329 g/mol. The molecule has 4 heteroatoms. The molecule has 1 heterocycles. The van der Waals surface area contributed by atoms with Gasteiger partial charge < -0.3 is 4.74 Å². The smallest absolute Gasteiger partial charge is 0.193 e. The van der Waals surface area contributed by atoms with Crippen LogP contribution in [0.2, 0.25) is 5.02 Å². The third-order valence-electron chi connectivity index (χ3n) is 4.09. The van der Waals surface area contributed by atoms with Crippen LogP contribution < -0.4 is 4.74 Å². The molecule has 3 nitrogen and oxygen atoms in total. The minimum Gasteiger partial charge on any atom is -0.491 e. The molecule has 1 saturated heterocycles. The van der Waals surface area contributed by atoms with Crippen LogP contribution in [-0.2, 0) is 0 Å². The van der Waals surface area contributed by atoms with Crippen LogP contribution in [0.15, 0.2) is 48.5 Å². The molecular formula is C19H20ClNO2. The standard InChI is InChI=1S/C19H20ClNO2/c20-17-14-16(19(22)15-6-2-1-3-7-15)8-9-18(17)23-13-12-21-10-4-5-11-21/h1-3,6-9,14H,4-5,10-13H2. The van der Waals surface area contributed by atoms with Crippen molar-refractivity contribution in [2.45, 2.75) is 12.8 Å². The number of carbonyl (C=O) groups is 1. The Morgan fingerprint density at radius 2 is 1.78 bits per heavy atom. The fraction of sp³-hybridized carbons (Fsp3) is 0.316. The fourth-order valence-electron chi connectivity index (χ4n) is 2.81. The van der Waals surface area contributed by atoms with Gasteiger partial charge in [0.1, 0.15) is 12.4 Å². The summed E-state index contributed by atoms with van der Waals surface area (Å²) in [6.45, 7) is 3.84. The molecule has 0 amide bonds. The van der Waals surface area contributed by atoms with Crippen LogP contribution >= 0.6 is 11.6 Å². The highest BCUT2D eigenvalue weighted by Gasteiger charge is 2.13. The first-order chi connectivity index (χ1) is 11.2. The number of nitrogens with zero attached hydrogens (tertiary/aromatic N) is 1. The van der Waals surface area contributed by atoms with Gasteiger partial charge in [0, 0.05) is 17.7 Å². The highest BCUT2D eigenvalue weighted by atomic mass is 35.5. The van der Waals surface area contributed by atoms with Crippen molar-refractivity contribution in [3.8, 4) is 5.75 Å². The van der Waals surface area contributed by atoms with Crippen molar-refractivity contribution in [1.82, 2.24) is 4.90 Å². The predicted octanol–water partition coefficient (Wildman–Crippen LogP) is 4.05. The van der Waals surface area contributed by atoms with Gasteiger partial charge in [-0.15, -0.1) is 0 Å². The zero-order valence-electron chi connectivity index (χ0n) is 13.0. The summed E-state index contributed by atoms with van der Waals surface area (Å²) >= 11 is 6.27. The molecule has 0 aliphatic carbocycles. The Labute approximate surface area is 141 Å². The molecule has 2 aromatic rings. The predicted molar refractivity (Wildman–Crippen MR) is 92.5 cm³/mol. The van der Waals surface area contributed by atoms with Gasteiger partial charge in [-0.25, -0.2) is 0 Å². The minimum atomic E-state index is -0.0314. The van der Waals surface area contributed by atoms with Crippen LogP contribution in [-0.4, -0.2) is 36.9 Å². The molecule has 0 unspecified atom stereocenters. The zero-order valence-corrected chi connectivity index (χ0v) is 13.8. The number of benzene rings is 2. The van der Waals surface area contributed by atoms with Crippen LogP contribution in [0, 0.1) is 0 Å². The normalized spacial score (nSPS) is 14.8.